The molecule has 2 heterocycles. The number of nitrogens with zero attached hydrogens (tertiary/aromatic N) is 1. The Hall–Kier alpha value is -1.94. The lowest BCUT2D eigenvalue weighted by Crippen LogP contribution is -2.10. The van der Waals surface area contributed by atoms with Crippen LogP contribution in [0, 0.1) is 0 Å². The van der Waals surface area contributed by atoms with Gasteiger partial charge in [-0.05, 0) is 42.7 Å². The number of nitrogens with one attached hydrogen (secondary N) is 1. The van der Waals surface area contributed by atoms with Gasteiger partial charge in [-0.15, -0.1) is 11.3 Å². The van der Waals surface area contributed by atoms with E-state index in [1.54, 1.807) is 11.3 Å². The Labute approximate surface area is 145 Å². The number of aromatic amines is 1. The molecule has 0 radical (unpaired) electrons. The number of fused-ring (bicyclic) bond motifs is 3. The highest BCUT2D eigenvalue weighted by Gasteiger charge is 2.19. The zero-order chi connectivity index (χ0) is 16.7. The van der Waals surface area contributed by atoms with Crippen LogP contribution in [0.4, 0.5) is 0 Å². The summed E-state index contributed by atoms with van der Waals surface area (Å²) < 4.78 is 0. The summed E-state index contributed by atoms with van der Waals surface area (Å²) >= 11 is 1.71. The van der Waals surface area contributed by atoms with Crippen molar-refractivity contribution in [2.75, 3.05) is 0 Å². The molecule has 24 heavy (non-hydrogen) atoms. The van der Waals surface area contributed by atoms with Gasteiger partial charge in [0.25, 0.3) is 5.56 Å². The summed E-state index contributed by atoms with van der Waals surface area (Å²) in [4.78, 5) is 22.8. The van der Waals surface area contributed by atoms with Gasteiger partial charge in [-0.2, -0.15) is 0 Å². The molecule has 0 fully saturated rings. The molecule has 1 aliphatic carbocycles. The van der Waals surface area contributed by atoms with E-state index in [0.717, 1.165) is 28.6 Å². The molecule has 0 spiro atoms. The van der Waals surface area contributed by atoms with Gasteiger partial charge in [-0.1, -0.05) is 44.5 Å². The summed E-state index contributed by atoms with van der Waals surface area (Å²) in [6.45, 7) is 4.36. The second-order valence-electron chi connectivity index (χ2n) is 6.94. The molecule has 1 N–H and O–H groups in total. The number of rotatable bonds is 2. The fourth-order valence-electron chi connectivity index (χ4n) is 3.50. The first-order chi connectivity index (χ1) is 11.6. The molecule has 0 bridgehead atoms. The van der Waals surface area contributed by atoms with Crippen molar-refractivity contribution in [3.63, 3.8) is 0 Å². The Kier molecular flexibility index (Phi) is 4.01. The van der Waals surface area contributed by atoms with Crippen LogP contribution < -0.4 is 5.56 Å². The van der Waals surface area contributed by atoms with E-state index in [1.165, 1.54) is 35.3 Å². The fraction of sp³-hybridized carbons (Fsp3) is 0.400. The molecule has 2 aromatic heterocycles. The van der Waals surface area contributed by atoms with E-state index in [1.807, 2.05) is 0 Å². The summed E-state index contributed by atoms with van der Waals surface area (Å²) in [7, 11) is 0. The zero-order valence-corrected chi connectivity index (χ0v) is 15.0. The van der Waals surface area contributed by atoms with Crippen molar-refractivity contribution in [1.82, 2.24) is 9.97 Å². The second-order valence-corrected chi connectivity index (χ2v) is 8.02. The number of benzene rings is 1. The topological polar surface area (TPSA) is 45.8 Å². The Morgan fingerprint density at radius 3 is 2.58 bits per heavy atom. The van der Waals surface area contributed by atoms with E-state index in [0.29, 0.717) is 11.7 Å². The maximum atomic E-state index is 12.7. The molecule has 1 aliphatic rings. The van der Waals surface area contributed by atoms with Gasteiger partial charge < -0.3 is 4.98 Å². The number of aryl methyl sites for hydroxylation is 2. The fourth-order valence-corrected chi connectivity index (χ4v) is 4.77. The highest BCUT2D eigenvalue weighted by molar-refractivity contribution is 7.18. The summed E-state index contributed by atoms with van der Waals surface area (Å²) in [5.41, 5.74) is 3.54. The number of hydrogen-bond acceptors (Lipinski definition) is 3. The molecule has 3 nitrogen and oxygen atoms in total. The van der Waals surface area contributed by atoms with Crippen LogP contribution >= 0.6 is 11.3 Å². The number of H-pyrrole nitrogens is 1. The lowest BCUT2D eigenvalue weighted by Gasteiger charge is -2.06. The van der Waals surface area contributed by atoms with Crippen LogP contribution in [0.15, 0.2) is 29.1 Å². The minimum absolute atomic E-state index is 0.0161. The minimum Gasteiger partial charge on any atom is -0.306 e. The molecule has 0 amide bonds. The van der Waals surface area contributed by atoms with E-state index in [2.05, 4.69) is 43.1 Å². The van der Waals surface area contributed by atoms with E-state index in [9.17, 15) is 4.79 Å². The molecule has 0 atom stereocenters. The van der Waals surface area contributed by atoms with E-state index in [4.69, 9.17) is 4.98 Å². The van der Waals surface area contributed by atoms with Crippen molar-refractivity contribution < 1.29 is 0 Å². The van der Waals surface area contributed by atoms with Crippen LogP contribution in [0.2, 0.25) is 0 Å². The smallest absolute Gasteiger partial charge is 0.260 e. The third kappa shape index (κ3) is 2.69. The Bertz CT molecular complexity index is 935. The quantitative estimate of drug-likeness (QED) is 0.665. The number of hydrogen-bond donors (Lipinski definition) is 1. The maximum Gasteiger partial charge on any atom is 0.260 e. The third-order valence-electron chi connectivity index (χ3n) is 4.93. The predicted octanol–water partition coefficient (Wildman–Crippen LogP) is 5.04. The molecule has 3 aromatic rings. The van der Waals surface area contributed by atoms with Gasteiger partial charge in [0.15, 0.2) is 0 Å². The molecule has 0 unspecified atom stereocenters. The molecule has 1 aromatic carbocycles. The molecule has 0 saturated carbocycles. The number of aromatic nitrogens is 2. The monoisotopic (exact) mass is 338 g/mol. The van der Waals surface area contributed by atoms with E-state index < -0.39 is 0 Å². The van der Waals surface area contributed by atoms with Gasteiger partial charge in [0.1, 0.15) is 10.7 Å². The Morgan fingerprint density at radius 1 is 1.08 bits per heavy atom. The van der Waals surface area contributed by atoms with Gasteiger partial charge in [-0.25, -0.2) is 4.98 Å². The second kappa shape index (κ2) is 6.17. The van der Waals surface area contributed by atoms with Crippen molar-refractivity contribution in [1.29, 1.82) is 0 Å². The average Bonchev–Trinajstić information content (AvgIpc) is 2.77. The average molecular weight is 338 g/mol. The van der Waals surface area contributed by atoms with Crippen LogP contribution in [-0.4, -0.2) is 9.97 Å². The van der Waals surface area contributed by atoms with Gasteiger partial charge in [-0.3, -0.25) is 4.79 Å². The zero-order valence-electron chi connectivity index (χ0n) is 14.2. The van der Waals surface area contributed by atoms with Crippen LogP contribution in [0.1, 0.15) is 55.0 Å². The van der Waals surface area contributed by atoms with Crippen molar-refractivity contribution in [3.8, 4) is 11.4 Å². The van der Waals surface area contributed by atoms with Crippen LogP contribution in [0.3, 0.4) is 0 Å². The van der Waals surface area contributed by atoms with Crippen molar-refractivity contribution in [3.05, 3.63) is 50.6 Å². The number of thiophene rings is 1. The highest BCUT2D eigenvalue weighted by atomic mass is 32.1. The van der Waals surface area contributed by atoms with Crippen LogP contribution in [-0.2, 0) is 12.8 Å². The molecule has 124 valence electrons. The van der Waals surface area contributed by atoms with E-state index >= 15 is 0 Å². The largest absolute Gasteiger partial charge is 0.306 e. The minimum atomic E-state index is 0.0161. The molecule has 0 saturated heterocycles. The van der Waals surface area contributed by atoms with Crippen molar-refractivity contribution in [2.45, 2.75) is 51.9 Å². The molecule has 0 aliphatic heterocycles. The standard InChI is InChI=1S/C20H22N2OS/c1-12(2)13-8-10-14(11-9-13)18-21-19(23)17-15-6-4-3-5-7-16(15)24-20(17)22-18/h8-12H,3-7H2,1-2H3,(H,21,22,23). The third-order valence-corrected chi connectivity index (χ3v) is 6.11. The van der Waals surface area contributed by atoms with Gasteiger partial charge in [0.2, 0.25) is 0 Å². The summed E-state index contributed by atoms with van der Waals surface area (Å²) in [6.07, 6.45) is 5.77. The SMILES string of the molecule is CC(C)c1ccc(-c2nc3sc4c(c3c(=O)[nH]2)CCCCC4)cc1. The van der Waals surface area contributed by atoms with Gasteiger partial charge in [0.05, 0.1) is 5.39 Å². The maximum absolute atomic E-state index is 12.7. The Morgan fingerprint density at radius 2 is 1.83 bits per heavy atom. The van der Waals surface area contributed by atoms with Crippen molar-refractivity contribution >= 4 is 21.6 Å². The van der Waals surface area contributed by atoms with Crippen LogP contribution in [0.5, 0.6) is 0 Å². The summed E-state index contributed by atoms with van der Waals surface area (Å²) in [6, 6.07) is 8.34. The molecular weight excluding hydrogens is 316 g/mol. The first-order valence-electron chi connectivity index (χ1n) is 8.78. The lowest BCUT2D eigenvalue weighted by molar-refractivity contribution is 0.713. The van der Waals surface area contributed by atoms with Crippen molar-refractivity contribution in [2.24, 2.45) is 0 Å². The van der Waals surface area contributed by atoms with Gasteiger partial charge >= 0.3 is 0 Å². The summed E-state index contributed by atoms with van der Waals surface area (Å²) in [5.74, 6) is 1.18. The predicted molar refractivity (Wildman–Crippen MR) is 101 cm³/mol. The Balaban J connectivity index is 1.82. The van der Waals surface area contributed by atoms with E-state index in [-0.39, 0.29) is 5.56 Å². The molecule has 4 heteroatoms. The lowest BCUT2D eigenvalue weighted by atomic mass is 10.0. The normalized spacial score (nSPS) is 14.8. The molecular formula is C20H22N2OS. The van der Waals surface area contributed by atoms with Crippen LogP contribution in [0.25, 0.3) is 21.6 Å². The first kappa shape index (κ1) is 15.6. The molecule has 4 rings (SSSR count). The highest BCUT2D eigenvalue weighted by Crippen LogP contribution is 2.33. The summed E-state index contributed by atoms with van der Waals surface area (Å²) in [5, 5.41) is 0.833. The van der Waals surface area contributed by atoms with Gasteiger partial charge in [0, 0.05) is 10.4 Å². The first-order valence-corrected chi connectivity index (χ1v) is 9.60.